The average Bonchev–Trinajstić information content (AvgIpc) is 3.25. The van der Waals surface area contributed by atoms with Gasteiger partial charge >= 0.3 is 5.97 Å². The molecule has 0 amide bonds. The van der Waals surface area contributed by atoms with E-state index < -0.39 is 17.4 Å². The molecule has 0 fully saturated rings. The van der Waals surface area contributed by atoms with Crippen molar-refractivity contribution in [2.75, 3.05) is 5.75 Å². The fourth-order valence-electron chi connectivity index (χ4n) is 3.04. The number of rotatable bonds is 5. The van der Waals surface area contributed by atoms with Gasteiger partial charge in [-0.05, 0) is 55.0 Å². The number of ether oxygens (including phenoxy) is 1. The second kappa shape index (κ2) is 9.25. The molecule has 0 aliphatic heterocycles. The van der Waals surface area contributed by atoms with E-state index in [1.54, 1.807) is 13.8 Å². The zero-order valence-corrected chi connectivity index (χ0v) is 18.3. The standard InChI is InChI=1S/C25H19FN2O3S/c1-25(2,31-23(29)18-11-13-19(26)14-12-18)15-6-16-32-24-28-27-22(30-24)21-10-5-8-17-7-3-4-9-20(17)21/h3-5,7-14H,16H2,1-2H3. The highest BCUT2D eigenvalue weighted by atomic mass is 32.2. The van der Waals surface area contributed by atoms with E-state index in [1.165, 1.54) is 36.0 Å². The fraction of sp³-hybridized carbons (Fsp3) is 0.160. The van der Waals surface area contributed by atoms with Gasteiger partial charge in [0.2, 0.25) is 5.89 Å². The lowest BCUT2D eigenvalue weighted by Gasteiger charge is -2.18. The fourth-order valence-corrected chi connectivity index (χ4v) is 3.54. The summed E-state index contributed by atoms with van der Waals surface area (Å²) in [6.07, 6.45) is 0. The number of thioether (sulfide) groups is 1. The van der Waals surface area contributed by atoms with Crippen molar-refractivity contribution in [1.29, 1.82) is 0 Å². The Morgan fingerprint density at radius 2 is 1.81 bits per heavy atom. The van der Waals surface area contributed by atoms with Crippen LogP contribution in [0.5, 0.6) is 0 Å². The summed E-state index contributed by atoms with van der Waals surface area (Å²) in [6, 6.07) is 19.1. The second-order valence-electron chi connectivity index (χ2n) is 7.40. The van der Waals surface area contributed by atoms with Gasteiger partial charge in [0.05, 0.1) is 11.3 Å². The summed E-state index contributed by atoms with van der Waals surface area (Å²) in [4.78, 5) is 12.2. The molecule has 0 bridgehead atoms. The predicted molar refractivity (Wildman–Crippen MR) is 122 cm³/mol. The van der Waals surface area contributed by atoms with E-state index >= 15 is 0 Å². The minimum Gasteiger partial charge on any atom is -0.443 e. The van der Waals surface area contributed by atoms with Crippen molar-refractivity contribution in [3.05, 3.63) is 78.1 Å². The Labute approximate surface area is 189 Å². The van der Waals surface area contributed by atoms with Crippen LogP contribution >= 0.6 is 11.8 Å². The van der Waals surface area contributed by atoms with Gasteiger partial charge in [-0.1, -0.05) is 60.0 Å². The average molecular weight is 447 g/mol. The molecule has 0 aliphatic rings. The number of carbonyl (C=O) groups is 1. The van der Waals surface area contributed by atoms with Crippen LogP contribution in [-0.2, 0) is 4.74 Å². The summed E-state index contributed by atoms with van der Waals surface area (Å²) < 4.78 is 24.2. The Kier molecular flexibility index (Phi) is 6.24. The number of hydrogen-bond donors (Lipinski definition) is 0. The Bertz CT molecular complexity index is 1320. The van der Waals surface area contributed by atoms with Gasteiger partial charge in [-0.2, -0.15) is 0 Å². The van der Waals surface area contributed by atoms with Gasteiger partial charge in [0.1, 0.15) is 5.82 Å². The third-order valence-electron chi connectivity index (χ3n) is 4.51. The maximum Gasteiger partial charge on any atom is 0.339 e. The summed E-state index contributed by atoms with van der Waals surface area (Å²) >= 11 is 1.30. The van der Waals surface area contributed by atoms with Gasteiger partial charge in [-0.15, -0.1) is 10.2 Å². The normalized spacial score (nSPS) is 11.1. The summed E-state index contributed by atoms with van der Waals surface area (Å²) in [5.41, 5.74) is 0.138. The number of esters is 1. The van der Waals surface area contributed by atoms with Crippen LogP contribution in [0, 0.1) is 17.7 Å². The van der Waals surface area contributed by atoms with Crippen LogP contribution in [0.3, 0.4) is 0 Å². The molecule has 4 rings (SSSR count). The van der Waals surface area contributed by atoms with Crippen molar-refractivity contribution in [1.82, 2.24) is 10.2 Å². The third kappa shape index (κ3) is 5.16. The lowest BCUT2D eigenvalue weighted by molar-refractivity contribution is 0.0204. The molecule has 3 aromatic carbocycles. The van der Waals surface area contributed by atoms with Crippen LogP contribution in [0.2, 0.25) is 0 Å². The first-order valence-corrected chi connectivity index (χ1v) is 10.8. The van der Waals surface area contributed by atoms with Gasteiger partial charge in [-0.3, -0.25) is 0 Å². The number of benzene rings is 3. The van der Waals surface area contributed by atoms with E-state index in [4.69, 9.17) is 9.15 Å². The molecule has 0 radical (unpaired) electrons. The summed E-state index contributed by atoms with van der Waals surface area (Å²) in [5.74, 6) is 5.75. The summed E-state index contributed by atoms with van der Waals surface area (Å²) in [6.45, 7) is 3.38. The molecular weight excluding hydrogens is 427 g/mol. The molecule has 0 unspecified atom stereocenters. The van der Waals surface area contributed by atoms with Crippen molar-refractivity contribution in [3.63, 3.8) is 0 Å². The predicted octanol–water partition coefficient (Wildman–Crippen LogP) is 5.76. The van der Waals surface area contributed by atoms with Crippen LogP contribution < -0.4 is 0 Å². The first-order valence-electron chi connectivity index (χ1n) is 9.85. The maximum atomic E-state index is 13.0. The molecule has 0 aliphatic carbocycles. The van der Waals surface area contributed by atoms with Crippen LogP contribution in [0.25, 0.3) is 22.2 Å². The molecule has 0 saturated carbocycles. The van der Waals surface area contributed by atoms with Gasteiger partial charge in [0.25, 0.3) is 5.22 Å². The molecule has 0 N–H and O–H groups in total. The highest BCUT2D eigenvalue weighted by molar-refractivity contribution is 7.99. The topological polar surface area (TPSA) is 65.2 Å². The lowest BCUT2D eigenvalue weighted by atomic mass is 10.0. The minimum atomic E-state index is -1.00. The van der Waals surface area contributed by atoms with Crippen molar-refractivity contribution in [2.45, 2.75) is 24.7 Å². The number of aromatic nitrogens is 2. The molecule has 0 spiro atoms. The van der Waals surface area contributed by atoms with Crippen LogP contribution in [0.4, 0.5) is 4.39 Å². The number of hydrogen-bond acceptors (Lipinski definition) is 6. The molecule has 1 heterocycles. The van der Waals surface area contributed by atoms with Crippen molar-refractivity contribution >= 4 is 28.5 Å². The highest BCUT2D eigenvalue weighted by Crippen LogP contribution is 2.29. The van der Waals surface area contributed by atoms with E-state index in [-0.39, 0.29) is 5.56 Å². The molecule has 7 heteroatoms. The van der Waals surface area contributed by atoms with Gasteiger partial charge in [-0.25, -0.2) is 9.18 Å². The molecule has 160 valence electrons. The largest absolute Gasteiger partial charge is 0.443 e. The van der Waals surface area contributed by atoms with Crippen molar-refractivity contribution in [3.8, 4) is 23.3 Å². The lowest BCUT2D eigenvalue weighted by Crippen LogP contribution is -2.26. The van der Waals surface area contributed by atoms with Gasteiger partial charge in [0, 0.05) is 5.56 Å². The molecule has 4 aromatic rings. The number of nitrogens with zero attached hydrogens (tertiary/aromatic N) is 2. The Hall–Kier alpha value is -3.63. The number of carbonyl (C=O) groups excluding carboxylic acids is 1. The van der Waals surface area contributed by atoms with E-state index in [1.807, 2.05) is 42.5 Å². The molecular formula is C25H19FN2O3S. The molecule has 32 heavy (non-hydrogen) atoms. The van der Waals surface area contributed by atoms with E-state index in [2.05, 4.69) is 22.0 Å². The number of fused-ring (bicyclic) bond motifs is 1. The minimum absolute atomic E-state index is 0.266. The third-order valence-corrected chi connectivity index (χ3v) is 5.21. The zero-order valence-electron chi connectivity index (χ0n) is 17.5. The molecule has 1 aromatic heterocycles. The van der Waals surface area contributed by atoms with Crippen LogP contribution in [0.1, 0.15) is 24.2 Å². The van der Waals surface area contributed by atoms with Crippen LogP contribution in [-0.4, -0.2) is 27.5 Å². The van der Waals surface area contributed by atoms with Crippen molar-refractivity contribution in [2.24, 2.45) is 0 Å². The number of halogens is 1. The highest BCUT2D eigenvalue weighted by Gasteiger charge is 2.21. The zero-order chi connectivity index (χ0) is 22.6. The van der Waals surface area contributed by atoms with E-state index in [9.17, 15) is 9.18 Å². The first kappa shape index (κ1) is 21.6. The van der Waals surface area contributed by atoms with E-state index in [0.29, 0.717) is 16.9 Å². The SMILES string of the molecule is CC(C)(C#CCSc1nnc(-c2cccc3ccccc23)o1)OC(=O)c1ccc(F)cc1. The van der Waals surface area contributed by atoms with Crippen molar-refractivity contribution < 1.29 is 18.3 Å². The molecule has 0 saturated heterocycles. The first-order chi connectivity index (χ1) is 15.4. The van der Waals surface area contributed by atoms with Gasteiger partial charge in [0.15, 0.2) is 5.60 Å². The van der Waals surface area contributed by atoms with E-state index in [0.717, 1.165) is 16.3 Å². The monoisotopic (exact) mass is 446 g/mol. The molecule has 0 atom stereocenters. The Morgan fingerprint density at radius 1 is 1.06 bits per heavy atom. The quantitative estimate of drug-likeness (QED) is 0.221. The van der Waals surface area contributed by atoms with Gasteiger partial charge < -0.3 is 9.15 Å². The smallest absolute Gasteiger partial charge is 0.339 e. The second-order valence-corrected chi connectivity index (χ2v) is 8.32. The Morgan fingerprint density at radius 3 is 2.62 bits per heavy atom. The maximum absolute atomic E-state index is 13.0. The Balaban J connectivity index is 1.37. The molecule has 5 nitrogen and oxygen atoms in total. The summed E-state index contributed by atoms with van der Waals surface area (Å²) in [5, 5.41) is 10.8. The van der Waals surface area contributed by atoms with Crippen LogP contribution in [0.15, 0.2) is 76.4 Å². The summed E-state index contributed by atoms with van der Waals surface area (Å²) in [7, 11) is 0.